The molecule has 0 saturated carbocycles. The second-order valence-electron chi connectivity index (χ2n) is 8.26. The van der Waals surface area contributed by atoms with Crippen LogP contribution in [0.25, 0.3) is 11.3 Å². The molecule has 35 heavy (non-hydrogen) atoms. The van der Waals surface area contributed by atoms with Crippen molar-refractivity contribution in [3.63, 3.8) is 0 Å². The second-order valence-corrected chi connectivity index (χ2v) is 8.26. The minimum Gasteiger partial charge on any atom is -0.465 e. The van der Waals surface area contributed by atoms with Gasteiger partial charge in [0.25, 0.3) is 5.56 Å². The van der Waals surface area contributed by atoms with Crippen molar-refractivity contribution in [3.05, 3.63) is 82.1 Å². The summed E-state index contributed by atoms with van der Waals surface area (Å²) in [5.74, 6) is -1.97. The van der Waals surface area contributed by atoms with Gasteiger partial charge < -0.3 is 9.84 Å². The summed E-state index contributed by atoms with van der Waals surface area (Å²) in [7, 11) is 0. The van der Waals surface area contributed by atoms with Crippen molar-refractivity contribution >= 4 is 11.8 Å². The Morgan fingerprint density at radius 2 is 1.86 bits per heavy atom. The lowest BCUT2D eigenvalue weighted by Crippen LogP contribution is -2.39. The molecule has 1 saturated heterocycles. The number of ether oxygens (including phenoxy) is 1. The standard InChI is InChI=1S/C25H26F2N4O4/c26-21-6-5-19(16-22(21)27)23-7-8-24(32)31(28-23)17-18-3-1-4-20(15-18)30(25(33)34)10-2-9-29-11-13-35-14-12-29/h1,3-8,15-16H,2,9-14,17H2,(H,33,34). The molecule has 1 fully saturated rings. The second kappa shape index (κ2) is 11.2. The molecule has 0 aliphatic carbocycles. The first-order chi connectivity index (χ1) is 16.9. The van der Waals surface area contributed by atoms with Gasteiger partial charge >= 0.3 is 6.09 Å². The third-order valence-electron chi connectivity index (χ3n) is 5.83. The first-order valence-electron chi connectivity index (χ1n) is 11.3. The summed E-state index contributed by atoms with van der Waals surface area (Å²) in [5.41, 5.74) is 1.46. The maximum Gasteiger partial charge on any atom is 0.411 e. The molecule has 0 atom stereocenters. The Balaban J connectivity index is 1.49. The van der Waals surface area contributed by atoms with Crippen LogP contribution >= 0.6 is 0 Å². The lowest BCUT2D eigenvalue weighted by Gasteiger charge is -2.27. The molecule has 2 aromatic carbocycles. The van der Waals surface area contributed by atoms with Crippen LogP contribution in [0, 0.1) is 11.6 Å². The molecule has 0 radical (unpaired) electrons. The monoisotopic (exact) mass is 484 g/mol. The summed E-state index contributed by atoms with van der Waals surface area (Å²) in [6.45, 7) is 4.26. The van der Waals surface area contributed by atoms with Crippen LogP contribution < -0.4 is 10.5 Å². The number of anilines is 1. The number of amides is 1. The molecule has 1 N–H and O–H groups in total. The summed E-state index contributed by atoms with van der Waals surface area (Å²) < 4.78 is 33.5. The molecule has 3 aromatic rings. The number of halogens is 2. The Kier molecular flexibility index (Phi) is 7.84. The third-order valence-corrected chi connectivity index (χ3v) is 5.83. The zero-order chi connectivity index (χ0) is 24.8. The maximum absolute atomic E-state index is 13.6. The molecule has 10 heteroatoms. The number of hydrogen-bond acceptors (Lipinski definition) is 5. The molecule has 1 aromatic heterocycles. The van der Waals surface area contributed by atoms with E-state index < -0.39 is 17.7 Å². The smallest absolute Gasteiger partial charge is 0.411 e. The molecule has 0 bridgehead atoms. The van der Waals surface area contributed by atoms with Gasteiger partial charge in [0.15, 0.2) is 11.6 Å². The van der Waals surface area contributed by atoms with Crippen molar-refractivity contribution in [1.29, 1.82) is 0 Å². The summed E-state index contributed by atoms with van der Waals surface area (Å²) in [5, 5.41) is 14.0. The molecule has 4 rings (SSSR count). The van der Waals surface area contributed by atoms with Gasteiger partial charge in [-0.3, -0.25) is 14.6 Å². The van der Waals surface area contributed by atoms with E-state index in [2.05, 4.69) is 10.00 Å². The molecule has 2 heterocycles. The highest BCUT2D eigenvalue weighted by Gasteiger charge is 2.17. The molecule has 0 spiro atoms. The number of nitrogens with zero attached hydrogens (tertiary/aromatic N) is 4. The Morgan fingerprint density at radius 1 is 1.06 bits per heavy atom. The number of rotatable bonds is 8. The molecule has 1 aliphatic rings. The average molecular weight is 485 g/mol. The maximum atomic E-state index is 13.6. The Hall–Kier alpha value is -3.63. The van der Waals surface area contributed by atoms with E-state index in [1.165, 1.54) is 27.8 Å². The number of carboxylic acid groups (broad SMARTS) is 1. The van der Waals surface area contributed by atoms with Gasteiger partial charge in [-0.15, -0.1) is 0 Å². The predicted octanol–water partition coefficient (Wildman–Crippen LogP) is 3.44. The van der Waals surface area contributed by atoms with Crippen LogP contribution in [-0.4, -0.2) is 65.3 Å². The van der Waals surface area contributed by atoms with E-state index in [1.54, 1.807) is 24.3 Å². The van der Waals surface area contributed by atoms with Crippen LogP contribution in [0.1, 0.15) is 12.0 Å². The lowest BCUT2D eigenvalue weighted by atomic mass is 10.1. The van der Waals surface area contributed by atoms with Crippen molar-refractivity contribution in [2.45, 2.75) is 13.0 Å². The Labute approximate surface area is 201 Å². The molecule has 0 unspecified atom stereocenters. The van der Waals surface area contributed by atoms with Gasteiger partial charge in [-0.2, -0.15) is 5.10 Å². The van der Waals surface area contributed by atoms with Gasteiger partial charge in [0.2, 0.25) is 0 Å². The number of aromatic nitrogens is 2. The van der Waals surface area contributed by atoms with E-state index in [4.69, 9.17) is 4.74 Å². The minimum absolute atomic E-state index is 0.0887. The minimum atomic E-state index is -1.06. The quantitative estimate of drug-likeness (QED) is 0.527. The largest absolute Gasteiger partial charge is 0.465 e. The van der Waals surface area contributed by atoms with Crippen LogP contribution in [0.3, 0.4) is 0 Å². The van der Waals surface area contributed by atoms with Crippen molar-refractivity contribution in [2.75, 3.05) is 44.3 Å². The fourth-order valence-electron chi connectivity index (χ4n) is 3.98. The summed E-state index contributed by atoms with van der Waals surface area (Å²) >= 11 is 0. The molecule has 184 valence electrons. The van der Waals surface area contributed by atoms with Gasteiger partial charge in [0.1, 0.15) is 0 Å². The topological polar surface area (TPSA) is 87.9 Å². The van der Waals surface area contributed by atoms with Gasteiger partial charge in [0.05, 0.1) is 25.5 Å². The molecule has 1 aliphatic heterocycles. The van der Waals surface area contributed by atoms with Gasteiger partial charge in [-0.1, -0.05) is 12.1 Å². The van der Waals surface area contributed by atoms with E-state index in [9.17, 15) is 23.5 Å². The van der Waals surface area contributed by atoms with Crippen LogP contribution in [0.15, 0.2) is 59.4 Å². The predicted molar refractivity (Wildman–Crippen MR) is 127 cm³/mol. The fourth-order valence-corrected chi connectivity index (χ4v) is 3.98. The lowest BCUT2D eigenvalue weighted by molar-refractivity contribution is 0.0376. The van der Waals surface area contributed by atoms with Crippen LogP contribution in [-0.2, 0) is 11.3 Å². The Bertz CT molecular complexity index is 1240. The van der Waals surface area contributed by atoms with Crippen molar-refractivity contribution in [3.8, 4) is 11.3 Å². The van der Waals surface area contributed by atoms with Crippen molar-refractivity contribution in [1.82, 2.24) is 14.7 Å². The molecular weight excluding hydrogens is 458 g/mol. The van der Waals surface area contributed by atoms with E-state index >= 15 is 0 Å². The van der Waals surface area contributed by atoms with Gasteiger partial charge in [0, 0.05) is 43.5 Å². The highest BCUT2D eigenvalue weighted by molar-refractivity contribution is 5.86. The molecular formula is C25H26F2N4O4. The Morgan fingerprint density at radius 3 is 2.60 bits per heavy atom. The van der Waals surface area contributed by atoms with Gasteiger partial charge in [-0.05, 0) is 48.4 Å². The number of morpholine rings is 1. The van der Waals surface area contributed by atoms with Crippen LogP contribution in [0.4, 0.5) is 19.3 Å². The van der Waals surface area contributed by atoms with Crippen LogP contribution in [0.5, 0.6) is 0 Å². The summed E-state index contributed by atoms with van der Waals surface area (Å²) in [6.07, 6.45) is -0.381. The first kappa shape index (κ1) is 24.5. The van der Waals surface area contributed by atoms with Crippen molar-refractivity contribution in [2.24, 2.45) is 0 Å². The van der Waals surface area contributed by atoms with E-state index in [0.717, 1.165) is 31.8 Å². The van der Waals surface area contributed by atoms with E-state index in [0.29, 0.717) is 48.7 Å². The third kappa shape index (κ3) is 6.28. The number of hydrogen-bond donors (Lipinski definition) is 1. The number of benzene rings is 2. The zero-order valence-corrected chi connectivity index (χ0v) is 19.1. The zero-order valence-electron chi connectivity index (χ0n) is 19.1. The van der Waals surface area contributed by atoms with Crippen molar-refractivity contribution < 1.29 is 23.4 Å². The SMILES string of the molecule is O=C(O)N(CCCN1CCOCC1)c1cccc(Cn2nc(-c3ccc(F)c(F)c3)ccc2=O)c1. The van der Waals surface area contributed by atoms with Crippen LogP contribution in [0.2, 0.25) is 0 Å². The van der Waals surface area contributed by atoms with Gasteiger partial charge in [-0.25, -0.2) is 18.3 Å². The molecule has 8 nitrogen and oxygen atoms in total. The highest BCUT2D eigenvalue weighted by atomic mass is 19.2. The van der Waals surface area contributed by atoms with E-state index in [1.807, 2.05) is 0 Å². The average Bonchev–Trinajstić information content (AvgIpc) is 2.85. The van der Waals surface area contributed by atoms with E-state index in [-0.39, 0.29) is 12.1 Å². The first-order valence-corrected chi connectivity index (χ1v) is 11.3. The number of carbonyl (C=O) groups is 1. The summed E-state index contributed by atoms with van der Waals surface area (Å²) in [6, 6.07) is 13.1. The molecule has 1 amide bonds. The fraction of sp³-hybridized carbons (Fsp3) is 0.320. The highest BCUT2D eigenvalue weighted by Crippen LogP contribution is 2.20. The summed E-state index contributed by atoms with van der Waals surface area (Å²) in [4.78, 5) is 27.9. The normalized spacial score (nSPS) is 14.1.